The van der Waals surface area contributed by atoms with Gasteiger partial charge in [-0.1, -0.05) is 0 Å². The van der Waals surface area contributed by atoms with Crippen LogP contribution in [0.3, 0.4) is 0 Å². The number of nitro benzene ring substituents is 1. The molecule has 1 N–H and O–H groups in total. The lowest BCUT2D eigenvalue weighted by Crippen LogP contribution is -2.23. The van der Waals surface area contributed by atoms with Crippen LogP contribution in [0.1, 0.15) is 24.8 Å². The van der Waals surface area contributed by atoms with Gasteiger partial charge >= 0.3 is 5.97 Å². The first-order chi connectivity index (χ1) is 10.1. The largest absolute Gasteiger partial charge is 0.478 e. The maximum absolute atomic E-state index is 11.5. The maximum atomic E-state index is 11.5. The number of ether oxygens (including phenoxy) is 2. The molecule has 0 radical (unpaired) electrons. The molecule has 1 heterocycles. The number of nitrogens with one attached hydrogen (secondary N) is 1. The summed E-state index contributed by atoms with van der Waals surface area (Å²) >= 11 is 0. The summed E-state index contributed by atoms with van der Waals surface area (Å²) in [7, 11) is 0. The van der Waals surface area contributed by atoms with Crippen molar-refractivity contribution in [3.05, 3.63) is 33.9 Å². The summed E-state index contributed by atoms with van der Waals surface area (Å²) in [6.45, 7) is 0.843. The van der Waals surface area contributed by atoms with Gasteiger partial charge in [0.05, 0.1) is 11.5 Å². The molecule has 1 aliphatic heterocycles. The molecule has 7 nitrogen and oxygen atoms in total. The molecule has 1 aromatic rings. The Morgan fingerprint density at radius 2 is 2.19 bits per heavy atom. The third-order valence-electron chi connectivity index (χ3n) is 3.57. The molecule has 0 amide bonds. The molecule has 0 aromatic heterocycles. The molecule has 7 heteroatoms. The van der Waals surface area contributed by atoms with E-state index in [1.807, 2.05) is 0 Å². The summed E-state index contributed by atoms with van der Waals surface area (Å²) in [5.41, 5.74) is 0.708. The van der Waals surface area contributed by atoms with Crippen LogP contribution in [0.5, 0.6) is 5.75 Å². The lowest BCUT2D eigenvalue weighted by atomic mass is 10.1. The van der Waals surface area contributed by atoms with Crippen molar-refractivity contribution in [2.75, 3.05) is 6.61 Å². The lowest BCUT2D eigenvalue weighted by molar-refractivity contribution is -0.384. The first-order valence-electron chi connectivity index (χ1n) is 6.97. The molecule has 112 valence electrons. The van der Waals surface area contributed by atoms with Crippen LogP contribution in [-0.4, -0.2) is 29.6 Å². The highest BCUT2D eigenvalue weighted by Crippen LogP contribution is 2.28. The number of hydrogen-bond donors (Lipinski definition) is 1. The fourth-order valence-corrected chi connectivity index (χ4v) is 2.21. The fraction of sp³-hybridized carbons (Fsp3) is 0.500. The normalized spacial score (nSPS) is 21.1. The van der Waals surface area contributed by atoms with E-state index in [-0.39, 0.29) is 11.7 Å². The summed E-state index contributed by atoms with van der Waals surface area (Å²) in [5.74, 6) is 0.118. The van der Waals surface area contributed by atoms with E-state index >= 15 is 0 Å². The summed E-state index contributed by atoms with van der Waals surface area (Å²) in [5, 5.41) is 14.2. The molecule has 0 spiro atoms. The maximum Gasteiger partial charge on any atom is 0.347 e. The Kier molecular flexibility index (Phi) is 3.74. The molecule has 1 aromatic carbocycles. The van der Waals surface area contributed by atoms with Crippen molar-refractivity contribution in [2.24, 2.45) is 0 Å². The molecule has 1 unspecified atom stereocenters. The third kappa shape index (κ3) is 3.30. The van der Waals surface area contributed by atoms with Gasteiger partial charge in [-0.05, 0) is 18.9 Å². The zero-order valence-corrected chi connectivity index (χ0v) is 11.4. The zero-order valence-electron chi connectivity index (χ0n) is 11.4. The average molecular weight is 292 g/mol. The van der Waals surface area contributed by atoms with Gasteiger partial charge in [-0.25, -0.2) is 4.79 Å². The molecule has 1 saturated carbocycles. The van der Waals surface area contributed by atoms with E-state index in [1.54, 1.807) is 6.07 Å². The third-order valence-corrected chi connectivity index (χ3v) is 3.57. The molecule has 1 aliphatic carbocycles. The van der Waals surface area contributed by atoms with Crippen LogP contribution >= 0.6 is 0 Å². The number of cyclic esters (lactones) is 1. The van der Waals surface area contributed by atoms with E-state index in [0.29, 0.717) is 36.9 Å². The molecule has 1 atom stereocenters. The second kappa shape index (κ2) is 5.69. The average Bonchev–Trinajstić information content (AvgIpc) is 3.21. The van der Waals surface area contributed by atoms with Gasteiger partial charge in [-0.3, -0.25) is 10.1 Å². The van der Waals surface area contributed by atoms with Crippen molar-refractivity contribution in [1.29, 1.82) is 0 Å². The molecule has 21 heavy (non-hydrogen) atoms. The van der Waals surface area contributed by atoms with Crippen molar-refractivity contribution in [1.82, 2.24) is 5.32 Å². The van der Waals surface area contributed by atoms with E-state index < -0.39 is 11.0 Å². The van der Waals surface area contributed by atoms with Crippen LogP contribution in [0.15, 0.2) is 18.2 Å². The van der Waals surface area contributed by atoms with Gasteiger partial charge in [0.25, 0.3) is 5.69 Å². The number of carbonyl (C=O) groups excluding carboxylic acids is 1. The molecule has 0 bridgehead atoms. The summed E-state index contributed by atoms with van der Waals surface area (Å²) in [6.07, 6.45) is 2.14. The Morgan fingerprint density at radius 3 is 2.81 bits per heavy atom. The van der Waals surface area contributed by atoms with Crippen LogP contribution < -0.4 is 10.1 Å². The number of carbonyl (C=O) groups is 1. The Morgan fingerprint density at radius 1 is 1.38 bits per heavy atom. The highest BCUT2D eigenvalue weighted by Gasteiger charge is 2.29. The molecule has 2 fully saturated rings. The summed E-state index contributed by atoms with van der Waals surface area (Å²) in [4.78, 5) is 21.9. The number of nitro groups is 1. The van der Waals surface area contributed by atoms with Crippen molar-refractivity contribution < 1.29 is 19.2 Å². The van der Waals surface area contributed by atoms with Crippen LogP contribution in [0.4, 0.5) is 5.69 Å². The van der Waals surface area contributed by atoms with E-state index in [2.05, 4.69) is 5.32 Å². The smallest absolute Gasteiger partial charge is 0.347 e. The molecular formula is C14H16N2O5. The second-order valence-corrected chi connectivity index (χ2v) is 5.27. The minimum Gasteiger partial charge on any atom is -0.478 e. The van der Waals surface area contributed by atoms with Crippen molar-refractivity contribution >= 4 is 11.7 Å². The van der Waals surface area contributed by atoms with Gasteiger partial charge in [0, 0.05) is 36.7 Å². The topological polar surface area (TPSA) is 90.7 Å². The van der Waals surface area contributed by atoms with Crippen LogP contribution in [0, 0.1) is 10.1 Å². The van der Waals surface area contributed by atoms with Crippen LogP contribution in [0.2, 0.25) is 0 Å². The number of non-ortho nitro benzene ring substituents is 1. The number of benzene rings is 1. The standard InChI is InChI=1S/C14H16N2O5/c17-14-13(5-6-20-14)21-12-4-3-11(16(18)19)7-9(12)8-15-10-1-2-10/h3-4,7,10,13,15H,1-2,5-6,8H2. The monoisotopic (exact) mass is 292 g/mol. The minimum atomic E-state index is -0.619. The van der Waals surface area contributed by atoms with Crippen LogP contribution in [-0.2, 0) is 16.1 Å². The predicted octanol–water partition coefficient (Wildman–Crippen LogP) is 1.54. The Bertz CT molecular complexity index is 570. The molecule has 3 rings (SSSR count). The quantitative estimate of drug-likeness (QED) is 0.486. The van der Waals surface area contributed by atoms with Gasteiger partial charge in [0.15, 0.2) is 6.10 Å². The van der Waals surface area contributed by atoms with Crippen molar-refractivity contribution in [3.8, 4) is 5.75 Å². The van der Waals surface area contributed by atoms with Gasteiger partial charge in [-0.15, -0.1) is 0 Å². The van der Waals surface area contributed by atoms with Gasteiger partial charge in [-0.2, -0.15) is 0 Å². The van der Waals surface area contributed by atoms with Crippen molar-refractivity contribution in [3.63, 3.8) is 0 Å². The highest BCUT2D eigenvalue weighted by molar-refractivity contribution is 5.76. The van der Waals surface area contributed by atoms with Gasteiger partial charge < -0.3 is 14.8 Å². The predicted molar refractivity (Wildman–Crippen MR) is 73.0 cm³/mol. The zero-order chi connectivity index (χ0) is 14.8. The molecule has 1 saturated heterocycles. The summed E-state index contributed by atoms with van der Waals surface area (Å²) < 4.78 is 10.5. The Balaban J connectivity index is 1.78. The molecule has 2 aliphatic rings. The Labute approximate surface area is 121 Å². The number of hydrogen-bond acceptors (Lipinski definition) is 6. The van der Waals surface area contributed by atoms with Crippen LogP contribution in [0.25, 0.3) is 0 Å². The van der Waals surface area contributed by atoms with Gasteiger partial charge in [0.2, 0.25) is 0 Å². The fourth-order valence-electron chi connectivity index (χ4n) is 2.21. The van der Waals surface area contributed by atoms with Crippen molar-refractivity contribution in [2.45, 2.75) is 38.0 Å². The van der Waals surface area contributed by atoms with Gasteiger partial charge in [0.1, 0.15) is 5.75 Å². The summed E-state index contributed by atoms with van der Waals surface area (Å²) in [6, 6.07) is 4.91. The van der Waals surface area contributed by atoms with E-state index in [9.17, 15) is 14.9 Å². The SMILES string of the molecule is O=C1OCCC1Oc1ccc([N+](=O)[O-])cc1CNC1CC1. The highest BCUT2D eigenvalue weighted by atomic mass is 16.6. The number of nitrogens with zero attached hydrogens (tertiary/aromatic N) is 1. The van der Waals surface area contributed by atoms with E-state index in [0.717, 1.165) is 12.8 Å². The minimum absolute atomic E-state index is 0.0175. The lowest BCUT2D eigenvalue weighted by Gasteiger charge is -2.14. The van der Waals surface area contributed by atoms with E-state index in [4.69, 9.17) is 9.47 Å². The first-order valence-corrected chi connectivity index (χ1v) is 6.97. The number of esters is 1. The van der Waals surface area contributed by atoms with E-state index in [1.165, 1.54) is 12.1 Å². The number of rotatable bonds is 6. The Hall–Kier alpha value is -2.15. The second-order valence-electron chi connectivity index (χ2n) is 5.27. The first kappa shape index (κ1) is 13.8. The molecular weight excluding hydrogens is 276 g/mol.